The summed E-state index contributed by atoms with van der Waals surface area (Å²) in [6.07, 6.45) is 3.42. The second-order valence-electron chi connectivity index (χ2n) is 6.76. The number of benzene rings is 2. The van der Waals surface area contributed by atoms with Crippen molar-refractivity contribution < 1.29 is 22.8 Å². The van der Waals surface area contributed by atoms with Crippen molar-refractivity contribution in [2.45, 2.75) is 19.0 Å². The number of hydrogen-bond acceptors (Lipinski definition) is 4. The van der Waals surface area contributed by atoms with E-state index < -0.39 is 41.5 Å². The summed E-state index contributed by atoms with van der Waals surface area (Å²) in [7, 11) is 0. The second kappa shape index (κ2) is 9.69. The molecule has 0 aliphatic rings. The molecular formula is C21H19F3N4O2S. The van der Waals surface area contributed by atoms with Crippen LogP contribution in [0.15, 0.2) is 47.9 Å². The molecule has 0 fully saturated rings. The molecule has 0 unspecified atom stereocenters. The van der Waals surface area contributed by atoms with Crippen LogP contribution in [0, 0.1) is 31.3 Å². The third-order valence-electron chi connectivity index (χ3n) is 4.18. The van der Waals surface area contributed by atoms with Crippen molar-refractivity contribution in [3.63, 3.8) is 0 Å². The molecule has 162 valence electrons. The van der Waals surface area contributed by atoms with E-state index in [9.17, 15) is 22.8 Å². The quantitative estimate of drug-likeness (QED) is 0.426. The van der Waals surface area contributed by atoms with Gasteiger partial charge >= 0.3 is 0 Å². The molecule has 0 saturated carbocycles. The molecule has 0 saturated heterocycles. The highest BCUT2D eigenvalue weighted by Crippen LogP contribution is 2.22. The number of amides is 2. The molecule has 2 aromatic carbocycles. The highest BCUT2D eigenvalue weighted by molar-refractivity contribution is 7.99. The monoisotopic (exact) mass is 448 g/mol. The fourth-order valence-electron chi connectivity index (χ4n) is 2.86. The summed E-state index contributed by atoms with van der Waals surface area (Å²) in [5.74, 6) is -5.78. The molecular weight excluding hydrogens is 429 g/mol. The van der Waals surface area contributed by atoms with Gasteiger partial charge in [0.05, 0.1) is 18.0 Å². The van der Waals surface area contributed by atoms with Crippen LogP contribution in [-0.4, -0.2) is 33.7 Å². The zero-order valence-electron chi connectivity index (χ0n) is 16.7. The second-order valence-corrected chi connectivity index (χ2v) is 7.70. The number of hydrogen-bond donors (Lipinski definition) is 2. The Balaban J connectivity index is 1.53. The minimum Gasteiger partial charge on any atom is -0.346 e. The van der Waals surface area contributed by atoms with Crippen LogP contribution in [0.25, 0.3) is 5.69 Å². The number of halogens is 3. The fourth-order valence-corrected chi connectivity index (χ4v) is 3.66. The number of carbonyl (C=O) groups excluding carboxylic acids is 2. The van der Waals surface area contributed by atoms with Crippen LogP contribution in [0.2, 0.25) is 0 Å². The molecule has 3 rings (SSSR count). The van der Waals surface area contributed by atoms with Crippen LogP contribution < -0.4 is 10.6 Å². The number of nitrogens with zero attached hydrogens (tertiary/aromatic N) is 2. The number of anilines is 1. The lowest BCUT2D eigenvalue weighted by molar-refractivity contribution is -0.122. The highest BCUT2D eigenvalue weighted by Gasteiger charge is 2.16. The van der Waals surface area contributed by atoms with E-state index in [-0.39, 0.29) is 5.75 Å². The third kappa shape index (κ3) is 5.66. The Morgan fingerprint density at radius 1 is 1.03 bits per heavy atom. The molecule has 10 heteroatoms. The van der Waals surface area contributed by atoms with Gasteiger partial charge in [-0.15, -0.1) is 0 Å². The zero-order valence-corrected chi connectivity index (χ0v) is 17.5. The first-order chi connectivity index (χ1) is 14.7. The molecule has 1 heterocycles. The lowest BCUT2D eigenvalue weighted by atomic mass is 10.1. The Hall–Kier alpha value is -3.27. The van der Waals surface area contributed by atoms with Crippen molar-refractivity contribution >= 4 is 29.3 Å². The number of aromatic nitrogens is 2. The Morgan fingerprint density at radius 3 is 2.45 bits per heavy atom. The van der Waals surface area contributed by atoms with E-state index in [4.69, 9.17) is 0 Å². The molecule has 0 bridgehead atoms. The van der Waals surface area contributed by atoms with Gasteiger partial charge in [-0.05, 0) is 49.2 Å². The number of thioether (sulfide) groups is 1. The fraction of sp³-hybridized carbons (Fsp3) is 0.190. The lowest BCUT2D eigenvalue weighted by Gasteiger charge is -2.10. The summed E-state index contributed by atoms with van der Waals surface area (Å²) in [5.41, 5.74) is 2.61. The number of nitrogens with one attached hydrogen (secondary N) is 2. The predicted molar refractivity (Wildman–Crippen MR) is 112 cm³/mol. The van der Waals surface area contributed by atoms with E-state index in [0.717, 1.165) is 22.9 Å². The maximum atomic E-state index is 13.6. The van der Waals surface area contributed by atoms with E-state index >= 15 is 0 Å². The Bertz CT molecular complexity index is 1110. The van der Waals surface area contributed by atoms with Crippen LogP contribution in [0.3, 0.4) is 0 Å². The number of aryl methyl sites for hydroxylation is 2. The number of imidazole rings is 1. The van der Waals surface area contributed by atoms with Crippen LogP contribution in [0.4, 0.5) is 18.9 Å². The molecule has 0 atom stereocenters. The summed E-state index contributed by atoms with van der Waals surface area (Å²) < 4.78 is 41.6. The normalized spacial score (nSPS) is 10.7. The van der Waals surface area contributed by atoms with Crippen molar-refractivity contribution in [2.75, 3.05) is 17.6 Å². The molecule has 3 aromatic rings. The highest BCUT2D eigenvalue weighted by atomic mass is 32.2. The molecule has 1 aromatic heterocycles. The number of carbonyl (C=O) groups is 2. The summed E-state index contributed by atoms with van der Waals surface area (Å²) in [5, 5.41) is 5.08. The lowest BCUT2D eigenvalue weighted by Crippen LogP contribution is -2.34. The first kappa shape index (κ1) is 22.4. The van der Waals surface area contributed by atoms with Gasteiger partial charge in [0.15, 0.2) is 22.6 Å². The van der Waals surface area contributed by atoms with E-state index in [1.807, 2.05) is 30.5 Å². The van der Waals surface area contributed by atoms with Gasteiger partial charge in [-0.1, -0.05) is 17.8 Å². The van der Waals surface area contributed by atoms with Gasteiger partial charge in [0.1, 0.15) is 0 Å². The van der Waals surface area contributed by atoms with Crippen LogP contribution in [0.1, 0.15) is 11.1 Å². The summed E-state index contributed by atoms with van der Waals surface area (Å²) in [6, 6.07) is 7.65. The zero-order chi connectivity index (χ0) is 22.5. The van der Waals surface area contributed by atoms with Gasteiger partial charge in [-0.3, -0.25) is 14.2 Å². The minimum atomic E-state index is -1.68. The molecule has 31 heavy (non-hydrogen) atoms. The van der Waals surface area contributed by atoms with E-state index in [1.165, 1.54) is 11.8 Å². The largest absolute Gasteiger partial charge is 0.346 e. The molecule has 0 aliphatic carbocycles. The van der Waals surface area contributed by atoms with Crippen molar-refractivity contribution in [1.29, 1.82) is 0 Å². The number of rotatable bonds is 7. The maximum absolute atomic E-state index is 13.6. The summed E-state index contributed by atoms with van der Waals surface area (Å²) in [6.45, 7) is 3.53. The van der Waals surface area contributed by atoms with Gasteiger partial charge in [0.25, 0.3) is 0 Å². The average Bonchev–Trinajstić information content (AvgIpc) is 3.19. The first-order valence-corrected chi connectivity index (χ1v) is 10.2. The molecule has 2 amide bonds. The maximum Gasteiger partial charge on any atom is 0.243 e. The van der Waals surface area contributed by atoms with Gasteiger partial charge in [0, 0.05) is 18.1 Å². The van der Waals surface area contributed by atoms with Gasteiger partial charge < -0.3 is 10.6 Å². The standard InChI is InChI=1S/C21H19F3N4O2S/c1-12-7-13(2)9-14(8-12)28-6-5-25-21(28)31-11-18(30)26-10-17(29)27-16-4-3-15(22)19(23)20(16)24/h3-9H,10-11H2,1-2H3,(H,26,30)(H,27,29). The first-order valence-electron chi connectivity index (χ1n) is 9.19. The van der Waals surface area contributed by atoms with Crippen molar-refractivity contribution in [1.82, 2.24) is 14.9 Å². The Kier molecular flexibility index (Phi) is 7.01. The van der Waals surface area contributed by atoms with E-state index in [2.05, 4.69) is 21.7 Å². The smallest absolute Gasteiger partial charge is 0.243 e. The minimum absolute atomic E-state index is 0.00533. The Morgan fingerprint density at radius 2 is 1.74 bits per heavy atom. The molecule has 0 spiro atoms. The molecule has 6 nitrogen and oxygen atoms in total. The van der Waals surface area contributed by atoms with E-state index in [0.29, 0.717) is 11.2 Å². The predicted octanol–water partition coefficient (Wildman–Crippen LogP) is 3.75. The van der Waals surface area contributed by atoms with Crippen LogP contribution >= 0.6 is 11.8 Å². The SMILES string of the molecule is Cc1cc(C)cc(-n2ccnc2SCC(=O)NCC(=O)Nc2ccc(F)c(F)c2F)c1. The van der Waals surface area contributed by atoms with Crippen molar-refractivity contribution in [3.05, 3.63) is 71.3 Å². The van der Waals surface area contributed by atoms with Crippen molar-refractivity contribution in [3.8, 4) is 5.69 Å². The van der Waals surface area contributed by atoms with Crippen LogP contribution in [0.5, 0.6) is 0 Å². The van der Waals surface area contributed by atoms with E-state index in [1.54, 1.807) is 12.4 Å². The molecule has 2 N–H and O–H groups in total. The molecule has 0 aliphatic heterocycles. The van der Waals surface area contributed by atoms with Crippen LogP contribution in [-0.2, 0) is 9.59 Å². The Labute approximate surface area is 180 Å². The summed E-state index contributed by atoms with van der Waals surface area (Å²) >= 11 is 1.19. The van der Waals surface area contributed by atoms with Gasteiger partial charge in [-0.25, -0.2) is 18.2 Å². The molecule has 0 radical (unpaired) electrons. The van der Waals surface area contributed by atoms with Gasteiger partial charge in [-0.2, -0.15) is 0 Å². The summed E-state index contributed by atoms with van der Waals surface area (Å²) in [4.78, 5) is 28.2. The van der Waals surface area contributed by atoms with Gasteiger partial charge in [0.2, 0.25) is 11.8 Å². The van der Waals surface area contributed by atoms with Crippen molar-refractivity contribution in [2.24, 2.45) is 0 Å². The third-order valence-corrected chi connectivity index (χ3v) is 5.15. The topological polar surface area (TPSA) is 76.0 Å². The average molecular weight is 448 g/mol.